The maximum Gasteiger partial charge on any atom is 0.338 e. The molecule has 0 atom stereocenters. The van der Waals surface area contributed by atoms with Crippen LogP contribution in [0.3, 0.4) is 0 Å². The minimum absolute atomic E-state index is 0.0212. The van der Waals surface area contributed by atoms with Gasteiger partial charge in [0.25, 0.3) is 0 Å². The lowest BCUT2D eigenvalue weighted by atomic mass is 9.97. The molecular formula is C11H10O6. The molecule has 0 saturated heterocycles. The molecule has 1 rings (SSSR count). The first-order valence-corrected chi connectivity index (χ1v) is 4.58. The second-order valence-corrected chi connectivity index (χ2v) is 3.26. The van der Waals surface area contributed by atoms with Gasteiger partial charge in [-0.15, -0.1) is 0 Å². The Balaban J connectivity index is 3.56. The van der Waals surface area contributed by atoms with Gasteiger partial charge < -0.3 is 14.9 Å². The van der Waals surface area contributed by atoms with Crippen LogP contribution in [0.15, 0.2) is 12.1 Å². The summed E-state index contributed by atoms with van der Waals surface area (Å²) in [4.78, 5) is 33.2. The molecule has 0 heterocycles. The Morgan fingerprint density at radius 3 is 2.00 bits per heavy atom. The fraction of sp³-hybridized carbons (Fsp3) is 0.182. The van der Waals surface area contributed by atoms with E-state index >= 15 is 0 Å². The van der Waals surface area contributed by atoms with Crippen LogP contribution in [0.2, 0.25) is 0 Å². The van der Waals surface area contributed by atoms with E-state index in [1.165, 1.54) is 13.0 Å². The average Bonchev–Trinajstić information content (AvgIpc) is 2.26. The predicted octanol–water partition coefficient (Wildman–Crippen LogP) is 1.18. The first-order chi connectivity index (χ1) is 7.90. The average molecular weight is 238 g/mol. The normalized spacial score (nSPS) is 9.76. The Hall–Kier alpha value is -2.37. The molecule has 0 unspecified atom stereocenters. The van der Waals surface area contributed by atoms with E-state index in [9.17, 15) is 14.4 Å². The summed E-state index contributed by atoms with van der Waals surface area (Å²) in [5.74, 6) is -3.44. The van der Waals surface area contributed by atoms with Crippen LogP contribution in [0.1, 0.15) is 36.6 Å². The molecule has 0 aliphatic rings. The highest BCUT2D eigenvalue weighted by molar-refractivity contribution is 6.06. The number of rotatable bonds is 3. The van der Waals surface area contributed by atoms with Crippen molar-refractivity contribution in [3.05, 3.63) is 34.4 Å². The molecule has 2 N–H and O–H groups in total. The third kappa shape index (κ3) is 2.25. The molecule has 90 valence electrons. The molecule has 1 aromatic carbocycles. The summed E-state index contributed by atoms with van der Waals surface area (Å²) in [7, 11) is 1.12. The van der Waals surface area contributed by atoms with Gasteiger partial charge in [0.1, 0.15) is 0 Å². The van der Waals surface area contributed by atoms with E-state index in [2.05, 4.69) is 4.74 Å². The standard InChI is InChI=1S/C11H10O6/c1-5-6(9(12)13)3-4-7(11(16)17-2)8(5)10(14)15/h3-4H,1-2H3,(H,12,13)(H,14,15). The van der Waals surface area contributed by atoms with Crippen molar-refractivity contribution >= 4 is 17.9 Å². The Labute approximate surface area is 96.4 Å². The smallest absolute Gasteiger partial charge is 0.338 e. The number of carboxylic acids is 2. The SMILES string of the molecule is COC(=O)c1ccc(C(=O)O)c(C)c1C(=O)O. The van der Waals surface area contributed by atoms with Crippen LogP contribution in [0.4, 0.5) is 0 Å². The largest absolute Gasteiger partial charge is 0.478 e. The van der Waals surface area contributed by atoms with Crippen molar-refractivity contribution in [3.63, 3.8) is 0 Å². The van der Waals surface area contributed by atoms with E-state index in [-0.39, 0.29) is 22.3 Å². The molecule has 0 spiro atoms. The van der Waals surface area contributed by atoms with E-state index < -0.39 is 17.9 Å². The van der Waals surface area contributed by atoms with Crippen molar-refractivity contribution in [2.75, 3.05) is 7.11 Å². The van der Waals surface area contributed by atoms with E-state index in [4.69, 9.17) is 10.2 Å². The first-order valence-electron chi connectivity index (χ1n) is 4.58. The van der Waals surface area contributed by atoms with Crippen LogP contribution < -0.4 is 0 Å². The number of carbonyl (C=O) groups excluding carboxylic acids is 1. The first kappa shape index (κ1) is 12.7. The molecule has 0 bridgehead atoms. The molecule has 6 nitrogen and oxygen atoms in total. The van der Waals surface area contributed by atoms with E-state index in [0.717, 1.165) is 13.2 Å². The number of hydrogen-bond acceptors (Lipinski definition) is 4. The fourth-order valence-corrected chi connectivity index (χ4v) is 1.50. The molecular weight excluding hydrogens is 228 g/mol. The molecule has 0 fully saturated rings. The number of carbonyl (C=O) groups is 3. The number of carboxylic acid groups (broad SMARTS) is 2. The number of esters is 1. The van der Waals surface area contributed by atoms with E-state index in [0.29, 0.717) is 0 Å². The third-order valence-electron chi connectivity index (χ3n) is 2.31. The Kier molecular flexibility index (Phi) is 3.47. The third-order valence-corrected chi connectivity index (χ3v) is 2.31. The lowest BCUT2D eigenvalue weighted by Gasteiger charge is -2.09. The van der Waals surface area contributed by atoms with Crippen LogP contribution in [0.5, 0.6) is 0 Å². The summed E-state index contributed by atoms with van der Waals surface area (Å²) < 4.78 is 4.43. The molecule has 0 aliphatic heterocycles. The fourth-order valence-electron chi connectivity index (χ4n) is 1.50. The van der Waals surface area contributed by atoms with Gasteiger partial charge in [0, 0.05) is 0 Å². The molecule has 6 heteroatoms. The number of benzene rings is 1. The highest BCUT2D eigenvalue weighted by atomic mass is 16.5. The van der Waals surface area contributed by atoms with Crippen LogP contribution >= 0.6 is 0 Å². The van der Waals surface area contributed by atoms with Crippen LogP contribution in [0, 0.1) is 6.92 Å². The van der Waals surface area contributed by atoms with Gasteiger partial charge in [0.2, 0.25) is 0 Å². The molecule has 0 radical (unpaired) electrons. The van der Waals surface area contributed by atoms with Gasteiger partial charge in [-0.05, 0) is 24.6 Å². The van der Waals surface area contributed by atoms with Gasteiger partial charge in [-0.3, -0.25) is 0 Å². The predicted molar refractivity (Wildman–Crippen MR) is 56.4 cm³/mol. The van der Waals surface area contributed by atoms with Gasteiger partial charge in [-0.25, -0.2) is 14.4 Å². The minimum atomic E-state index is -1.37. The zero-order valence-electron chi connectivity index (χ0n) is 9.18. The topological polar surface area (TPSA) is 101 Å². The van der Waals surface area contributed by atoms with Gasteiger partial charge in [0.05, 0.1) is 23.8 Å². The Morgan fingerprint density at radius 2 is 1.59 bits per heavy atom. The summed E-state index contributed by atoms with van der Waals surface area (Å²) in [5.41, 5.74) is -0.651. The minimum Gasteiger partial charge on any atom is -0.478 e. The van der Waals surface area contributed by atoms with Gasteiger partial charge in [-0.2, -0.15) is 0 Å². The van der Waals surface area contributed by atoms with Crippen molar-refractivity contribution in [3.8, 4) is 0 Å². The summed E-state index contributed by atoms with van der Waals surface area (Å²) >= 11 is 0. The van der Waals surface area contributed by atoms with Crippen molar-refractivity contribution in [2.45, 2.75) is 6.92 Å². The quantitative estimate of drug-likeness (QED) is 0.766. The van der Waals surface area contributed by atoms with Crippen molar-refractivity contribution in [1.82, 2.24) is 0 Å². The van der Waals surface area contributed by atoms with Crippen LogP contribution in [0.25, 0.3) is 0 Å². The van der Waals surface area contributed by atoms with E-state index in [1.807, 2.05) is 0 Å². The lowest BCUT2D eigenvalue weighted by molar-refractivity contribution is 0.0580. The maximum absolute atomic E-state index is 11.3. The van der Waals surface area contributed by atoms with Gasteiger partial charge in [0.15, 0.2) is 0 Å². The van der Waals surface area contributed by atoms with Gasteiger partial charge >= 0.3 is 17.9 Å². The highest BCUT2D eigenvalue weighted by Gasteiger charge is 2.23. The van der Waals surface area contributed by atoms with Crippen molar-refractivity contribution < 1.29 is 29.3 Å². The zero-order chi connectivity index (χ0) is 13.2. The highest BCUT2D eigenvalue weighted by Crippen LogP contribution is 2.20. The Bertz CT molecular complexity index is 503. The second kappa shape index (κ2) is 4.65. The molecule has 0 aliphatic carbocycles. The summed E-state index contributed by atoms with van der Waals surface area (Å²) in [6.07, 6.45) is 0. The summed E-state index contributed by atoms with van der Waals surface area (Å²) in [5, 5.41) is 17.8. The zero-order valence-corrected chi connectivity index (χ0v) is 9.18. The lowest BCUT2D eigenvalue weighted by Crippen LogP contribution is -2.14. The monoisotopic (exact) mass is 238 g/mol. The number of aromatic carboxylic acids is 2. The number of ether oxygens (including phenoxy) is 1. The maximum atomic E-state index is 11.3. The molecule has 0 saturated carbocycles. The van der Waals surface area contributed by atoms with E-state index in [1.54, 1.807) is 0 Å². The van der Waals surface area contributed by atoms with Crippen LogP contribution in [-0.4, -0.2) is 35.2 Å². The second-order valence-electron chi connectivity index (χ2n) is 3.26. The molecule has 1 aromatic rings. The number of methoxy groups -OCH3 is 1. The van der Waals surface area contributed by atoms with Crippen molar-refractivity contribution in [1.29, 1.82) is 0 Å². The molecule has 0 aromatic heterocycles. The van der Waals surface area contributed by atoms with Crippen LogP contribution in [-0.2, 0) is 4.74 Å². The summed E-state index contributed by atoms with van der Waals surface area (Å²) in [6, 6.07) is 2.31. The number of hydrogen-bond donors (Lipinski definition) is 2. The summed E-state index contributed by atoms with van der Waals surface area (Å²) in [6.45, 7) is 1.33. The van der Waals surface area contributed by atoms with Gasteiger partial charge in [-0.1, -0.05) is 0 Å². The van der Waals surface area contributed by atoms with Crippen molar-refractivity contribution in [2.24, 2.45) is 0 Å². The molecule has 0 amide bonds. The Morgan fingerprint density at radius 1 is 1.06 bits per heavy atom. The molecule has 17 heavy (non-hydrogen) atoms.